The summed E-state index contributed by atoms with van der Waals surface area (Å²) in [5, 5.41) is 2.93. The Morgan fingerprint density at radius 3 is 2.59 bits per heavy atom. The summed E-state index contributed by atoms with van der Waals surface area (Å²) in [7, 11) is 0. The molecule has 0 unspecified atom stereocenters. The van der Waals surface area contributed by atoms with Crippen molar-refractivity contribution in [3.8, 4) is 11.3 Å². The van der Waals surface area contributed by atoms with Crippen LogP contribution >= 0.6 is 0 Å². The van der Waals surface area contributed by atoms with Crippen LogP contribution in [0.15, 0.2) is 61.1 Å². The molecule has 4 nitrogen and oxygen atoms in total. The van der Waals surface area contributed by atoms with E-state index in [0.29, 0.717) is 6.42 Å². The van der Waals surface area contributed by atoms with Crippen LogP contribution in [0, 0.1) is 6.92 Å². The van der Waals surface area contributed by atoms with E-state index in [4.69, 9.17) is 0 Å². The summed E-state index contributed by atoms with van der Waals surface area (Å²) in [6, 6.07) is 15.6. The van der Waals surface area contributed by atoms with Crippen molar-refractivity contribution in [3.63, 3.8) is 0 Å². The van der Waals surface area contributed by atoms with Gasteiger partial charge in [-0.15, -0.1) is 0 Å². The van der Waals surface area contributed by atoms with E-state index in [1.54, 1.807) is 12.5 Å². The Balaban J connectivity index is 1.66. The molecule has 0 saturated heterocycles. The molecule has 0 bridgehead atoms. The molecule has 0 aliphatic heterocycles. The molecule has 22 heavy (non-hydrogen) atoms. The highest BCUT2D eigenvalue weighted by Crippen LogP contribution is 2.19. The minimum Gasteiger partial charge on any atom is -0.345 e. The Morgan fingerprint density at radius 2 is 1.91 bits per heavy atom. The number of nitrogens with one attached hydrogen (secondary N) is 2. The Labute approximate surface area is 129 Å². The Hall–Kier alpha value is -2.88. The van der Waals surface area contributed by atoms with Crippen LogP contribution in [0.2, 0.25) is 0 Å². The number of carbonyl (C=O) groups is 1. The monoisotopic (exact) mass is 291 g/mol. The number of benzene rings is 2. The summed E-state index contributed by atoms with van der Waals surface area (Å²) in [6.45, 7) is 2.02. The average molecular weight is 291 g/mol. The predicted molar refractivity (Wildman–Crippen MR) is 87.5 cm³/mol. The van der Waals surface area contributed by atoms with Crippen molar-refractivity contribution in [2.24, 2.45) is 0 Å². The number of imidazole rings is 1. The lowest BCUT2D eigenvalue weighted by molar-refractivity contribution is -0.115. The van der Waals surface area contributed by atoms with E-state index < -0.39 is 0 Å². The molecule has 0 saturated carbocycles. The average Bonchev–Trinajstić information content (AvgIpc) is 3.05. The number of anilines is 1. The molecule has 0 aliphatic carbocycles. The second-order valence-electron chi connectivity index (χ2n) is 5.19. The van der Waals surface area contributed by atoms with Gasteiger partial charge in [0, 0.05) is 5.69 Å². The van der Waals surface area contributed by atoms with Gasteiger partial charge in [-0.05, 0) is 35.7 Å². The van der Waals surface area contributed by atoms with E-state index in [2.05, 4.69) is 15.3 Å². The molecular formula is C18H17N3O. The van der Waals surface area contributed by atoms with E-state index >= 15 is 0 Å². The second-order valence-corrected chi connectivity index (χ2v) is 5.19. The minimum absolute atomic E-state index is 0.0106. The normalized spacial score (nSPS) is 10.4. The van der Waals surface area contributed by atoms with Gasteiger partial charge >= 0.3 is 0 Å². The number of nitrogens with zero attached hydrogens (tertiary/aromatic N) is 1. The van der Waals surface area contributed by atoms with Crippen LogP contribution in [0.1, 0.15) is 11.1 Å². The Morgan fingerprint density at radius 1 is 1.14 bits per heavy atom. The van der Waals surface area contributed by atoms with Crippen LogP contribution in [0.3, 0.4) is 0 Å². The molecule has 0 fully saturated rings. The summed E-state index contributed by atoms with van der Waals surface area (Å²) < 4.78 is 0. The van der Waals surface area contributed by atoms with Crippen molar-refractivity contribution in [1.29, 1.82) is 0 Å². The zero-order valence-corrected chi connectivity index (χ0v) is 12.3. The topological polar surface area (TPSA) is 57.8 Å². The smallest absolute Gasteiger partial charge is 0.228 e. The molecule has 1 heterocycles. The number of aryl methyl sites for hydroxylation is 1. The zero-order valence-electron chi connectivity index (χ0n) is 12.3. The molecule has 0 aliphatic rings. The van der Waals surface area contributed by atoms with Crippen LogP contribution in [0.5, 0.6) is 0 Å². The summed E-state index contributed by atoms with van der Waals surface area (Å²) >= 11 is 0. The van der Waals surface area contributed by atoms with Crippen LogP contribution < -0.4 is 5.32 Å². The highest BCUT2D eigenvalue weighted by atomic mass is 16.1. The fourth-order valence-electron chi connectivity index (χ4n) is 2.33. The second kappa shape index (κ2) is 6.26. The number of H-pyrrole nitrogens is 1. The lowest BCUT2D eigenvalue weighted by Gasteiger charge is -2.08. The molecule has 110 valence electrons. The number of carbonyl (C=O) groups excluding carboxylic acids is 1. The fraction of sp³-hybridized carbons (Fsp3) is 0.111. The molecule has 4 heteroatoms. The number of hydrogen-bond acceptors (Lipinski definition) is 2. The van der Waals surface area contributed by atoms with Gasteiger partial charge < -0.3 is 10.3 Å². The number of rotatable bonds is 4. The van der Waals surface area contributed by atoms with Crippen molar-refractivity contribution in [2.75, 3.05) is 5.32 Å². The van der Waals surface area contributed by atoms with Gasteiger partial charge in [-0.2, -0.15) is 0 Å². The van der Waals surface area contributed by atoms with E-state index in [9.17, 15) is 4.79 Å². The van der Waals surface area contributed by atoms with E-state index in [0.717, 1.165) is 28.1 Å². The van der Waals surface area contributed by atoms with Crippen molar-refractivity contribution in [2.45, 2.75) is 13.3 Å². The van der Waals surface area contributed by atoms with Gasteiger partial charge in [0.1, 0.15) is 0 Å². The lowest BCUT2D eigenvalue weighted by Crippen LogP contribution is -2.14. The number of aromatic amines is 1. The molecule has 0 spiro atoms. The quantitative estimate of drug-likeness (QED) is 0.772. The van der Waals surface area contributed by atoms with Crippen molar-refractivity contribution >= 4 is 11.6 Å². The summed E-state index contributed by atoms with van der Waals surface area (Å²) in [6.07, 6.45) is 3.80. The van der Waals surface area contributed by atoms with Crippen LogP contribution in [-0.4, -0.2) is 15.9 Å². The maximum Gasteiger partial charge on any atom is 0.228 e. The molecule has 0 atom stereocenters. The molecule has 3 aromatic rings. The van der Waals surface area contributed by atoms with Gasteiger partial charge in [0.25, 0.3) is 0 Å². The number of aromatic nitrogens is 2. The molecule has 1 aromatic heterocycles. The van der Waals surface area contributed by atoms with Crippen LogP contribution in [-0.2, 0) is 11.2 Å². The minimum atomic E-state index is -0.0106. The molecule has 2 N–H and O–H groups in total. The third-order valence-electron chi connectivity index (χ3n) is 3.59. The summed E-state index contributed by atoms with van der Waals surface area (Å²) in [5.74, 6) is -0.0106. The van der Waals surface area contributed by atoms with Crippen LogP contribution in [0.25, 0.3) is 11.3 Å². The molecule has 1 amide bonds. The summed E-state index contributed by atoms with van der Waals surface area (Å²) in [5.41, 5.74) is 4.97. The molecule has 3 rings (SSSR count). The fourth-order valence-corrected chi connectivity index (χ4v) is 2.33. The first kappa shape index (κ1) is 14.1. The first-order chi connectivity index (χ1) is 10.7. The van der Waals surface area contributed by atoms with Gasteiger partial charge in [0.05, 0.1) is 24.6 Å². The summed E-state index contributed by atoms with van der Waals surface area (Å²) in [4.78, 5) is 19.2. The first-order valence-corrected chi connectivity index (χ1v) is 7.15. The van der Waals surface area contributed by atoms with E-state index in [1.807, 2.05) is 55.5 Å². The maximum absolute atomic E-state index is 12.1. The van der Waals surface area contributed by atoms with Gasteiger partial charge in [0.15, 0.2) is 0 Å². The molecule has 0 radical (unpaired) electrons. The molecular weight excluding hydrogens is 274 g/mol. The van der Waals surface area contributed by atoms with Gasteiger partial charge in [0.2, 0.25) is 5.91 Å². The Bertz CT molecular complexity index is 761. The number of hydrogen-bond donors (Lipinski definition) is 2. The van der Waals surface area contributed by atoms with Crippen molar-refractivity contribution < 1.29 is 4.79 Å². The van der Waals surface area contributed by atoms with Crippen molar-refractivity contribution in [1.82, 2.24) is 9.97 Å². The van der Waals surface area contributed by atoms with Gasteiger partial charge in [-0.25, -0.2) is 4.98 Å². The zero-order chi connectivity index (χ0) is 15.4. The molecule has 2 aromatic carbocycles. The lowest BCUT2D eigenvalue weighted by atomic mass is 10.1. The van der Waals surface area contributed by atoms with Crippen molar-refractivity contribution in [3.05, 3.63) is 72.2 Å². The third-order valence-corrected chi connectivity index (χ3v) is 3.59. The van der Waals surface area contributed by atoms with Gasteiger partial charge in [-0.1, -0.05) is 36.4 Å². The number of amides is 1. The van der Waals surface area contributed by atoms with E-state index in [1.165, 1.54) is 0 Å². The Kier molecular flexibility index (Phi) is 4.01. The SMILES string of the molecule is Cc1ccccc1CC(=O)Nc1ccc(-c2cnc[nH]2)cc1. The van der Waals surface area contributed by atoms with Gasteiger partial charge in [-0.3, -0.25) is 4.79 Å². The highest BCUT2D eigenvalue weighted by Gasteiger charge is 2.06. The highest BCUT2D eigenvalue weighted by molar-refractivity contribution is 5.92. The third kappa shape index (κ3) is 3.23. The standard InChI is InChI=1S/C18H17N3O/c1-13-4-2-3-5-15(13)10-18(22)21-16-8-6-14(7-9-16)17-11-19-12-20-17/h2-9,11-12H,10H2,1H3,(H,19,20)(H,21,22). The first-order valence-electron chi connectivity index (χ1n) is 7.15. The van der Waals surface area contributed by atoms with E-state index in [-0.39, 0.29) is 5.91 Å². The van der Waals surface area contributed by atoms with Crippen LogP contribution in [0.4, 0.5) is 5.69 Å². The largest absolute Gasteiger partial charge is 0.345 e. The maximum atomic E-state index is 12.1. The predicted octanol–water partition coefficient (Wildman–Crippen LogP) is 3.57.